The van der Waals surface area contributed by atoms with Crippen LogP contribution in [0.5, 0.6) is 0 Å². The molecular formula is C10H10N2O3. The molecule has 5 nitrogen and oxygen atoms in total. The fourth-order valence-electron chi connectivity index (χ4n) is 1.43. The number of aliphatic carboxylic acids is 1. The highest BCUT2D eigenvalue weighted by Gasteiger charge is 2.48. The van der Waals surface area contributed by atoms with Crippen molar-refractivity contribution in [2.75, 3.05) is 5.32 Å². The van der Waals surface area contributed by atoms with E-state index < -0.39 is 11.9 Å². The summed E-state index contributed by atoms with van der Waals surface area (Å²) in [7, 11) is 0. The highest BCUT2D eigenvalue weighted by molar-refractivity contribution is 5.98. The molecule has 78 valence electrons. The van der Waals surface area contributed by atoms with Gasteiger partial charge in [-0.2, -0.15) is 0 Å². The van der Waals surface area contributed by atoms with Gasteiger partial charge in [-0.05, 0) is 18.6 Å². The number of pyridine rings is 1. The zero-order valence-electron chi connectivity index (χ0n) is 7.88. The largest absolute Gasteiger partial charge is 0.481 e. The van der Waals surface area contributed by atoms with Crippen molar-refractivity contribution in [1.82, 2.24) is 4.98 Å². The van der Waals surface area contributed by atoms with Gasteiger partial charge in [0.2, 0.25) is 5.91 Å². The van der Waals surface area contributed by atoms with Crippen LogP contribution in [0.1, 0.15) is 6.42 Å². The number of anilines is 1. The summed E-state index contributed by atoms with van der Waals surface area (Å²) in [5, 5.41) is 11.3. The topological polar surface area (TPSA) is 79.3 Å². The lowest BCUT2D eigenvalue weighted by Gasteiger charge is -2.02. The predicted octanol–water partition coefficient (Wildman–Crippen LogP) is 0.741. The molecule has 0 bridgehead atoms. The minimum absolute atomic E-state index is 0.240. The molecule has 1 saturated carbocycles. The number of nitrogens with one attached hydrogen (secondary N) is 1. The van der Waals surface area contributed by atoms with Crippen LogP contribution in [-0.4, -0.2) is 22.0 Å². The van der Waals surface area contributed by atoms with Crippen LogP contribution in [0, 0.1) is 11.8 Å². The van der Waals surface area contributed by atoms with Crippen molar-refractivity contribution in [3.05, 3.63) is 24.5 Å². The number of carbonyl (C=O) groups excluding carboxylic acids is 1. The first-order valence-electron chi connectivity index (χ1n) is 4.62. The predicted molar refractivity (Wildman–Crippen MR) is 52.1 cm³/mol. The van der Waals surface area contributed by atoms with Crippen molar-refractivity contribution in [2.24, 2.45) is 11.8 Å². The average Bonchev–Trinajstić information content (AvgIpc) is 2.98. The molecule has 1 heterocycles. The van der Waals surface area contributed by atoms with Crippen LogP contribution in [0.25, 0.3) is 0 Å². The van der Waals surface area contributed by atoms with Crippen LogP contribution < -0.4 is 5.32 Å². The summed E-state index contributed by atoms with van der Waals surface area (Å²) in [6, 6.07) is 3.42. The molecule has 1 aliphatic carbocycles. The molecule has 2 rings (SSSR count). The summed E-state index contributed by atoms with van der Waals surface area (Å²) in [5.74, 6) is -2.04. The van der Waals surface area contributed by atoms with Gasteiger partial charge >= 0.3 is 5.97 Å². The number of carbonyl (C=O) groups is 2. The van der Waals surface area contributed by atoms with Gasteiger partial charge in [0, 0.05) is 6.20 Å². The number of hydrogen-bond acceptors (Lipinski definition) is 3. The maximum atomic E-state index is 11.5. The number of hydrogen-bond donors (Lipinski definition) is 2. The van der Waals surface area contributed by atoms with Gasteiger partial charge in [0.15, 0.2) is 0 Å². The van der Waals surface area contributed by atoms with Crippen LogP contribution in [0.2, 0.25) is 0 Å². The Morgan fingerprint density at radius 3 is 2.80 bits per heavy atom. The maximum absolute atomic E-state index is 11.5. The second-order valence-corrected chi connectivity index (χ2v) is 3.52. The average molecular weight is 206 g/mol. The van der Waals surface area contributed by atoms with E-state index in [1.165, 1.54) is 6.20 Å². The number of rotatable bonds is 3. The Hall–Kier alpha value is -1.91. The Morgan fingerprint density at radius 1 is 1.47 bits per heavy atom. The molecule has 2 atom stereocenters. The van der Waals surface area contributed by atoms with Crippen LogP contribution >= 0.6 is 0 Å². The molecule has 0 radical (unpaired) electrons. The van der Waals surface area contributed by atoms with Crippen LogP contribution in [0.4, 0.5) is 5.69 Å². The number of amides is 1. The highest BCUT2D eigenvalue weighted by atomic mass is 16.4. The molecule has 1 aromatic rings. The highest BCUT2D eigenvalue weighted by Crippen LogP contribution is 2.39. The van der Waals surface area contributed by atoms with Crippen molar-refractivity contribution >= 4 is 17.6 Å². The standard InChI is InChI=1S/C10H10N2O3/c13-9(7-4-8(7)10(14)15)12-6-2-1-3-11-5-6/h1-3,5,7-8H,4H2,(H,12,13)(H,14,15). The lowest BCUT2D eigenvalue weighted by atomic mass is 10.3. The summed E-state index contributed by atoms with van der Waals surface area (Å²) >= 11 is 0. The second kappa shape index (κ2) is 3.68. The van der Waals surface area contributed by atoms with E-state index in [9.17, 15) is 9.59 Å². The zero-order valence-corrected chi connectivity index (χ0v) is 7.88. The molecule has 1 aliphatic rings. The quantitative estimate of drug-likeness (QED) is 0.764. The van der Waals surface area contributed by atoms with Crippen molar-refractivity contribution in [2.45, 2.75) is 6.42 Å². The third kappa shape index (κ3) is 2.12. The van der Waals surface area contributed by atoms with Crippen molar-refractivity contribution in [3.63, 3.8) is 0 Å². The van der Waals surface area contributed by atoms with E-state index in [0.717, 1.165) is 0 Å². The smallest absolute Gasteiger partial charge is 0.307 e. The van der Waals surface area contributed by atoms with E-state index in [4.69, 9.17) is 5.11 Å². The second-order valence-electron chi connectivity index (χ2n) is 3.52. The maximum Gasteiger partial charge on any atom is 0.307 e. The van der Waals surface area contributed by atoms with Gasteiger partial charge < -0.3 is 10.4 Å². The number of nitrogens with zero attached hydrogens (tertiary/aromatic N) is 1. The van der Waals surface area contributed by atoms with Gasteiger partial charge in [-0.3, -0.25) is 14.6 Å². The van der Waals surface area contributed by atoms with Crippen LogP contribution in [-0.2, 0) is 9.59 Å². The van der Waals surface area contributed by atoms with Gasteiger partial charge in [0.1, 0.15) is 0 Å². The Bertz CT molecular complexity index is 391. The molecule has 1 fully saturated rings. The minimum atomic E-state index is -0.902. The molecule has 1 aromatic heterocycles. The molecule has 1 amide bonds. The summed E-state index contributed by atoms with van der Waals surface area (Å²) in [5.41, 5.74) is 0.596. The first-order chi connectivity index (χ1) is 7.18. The number of carboxylic acids is 1. The van der Waals surface area contributed by atoms with Gasteiger partial charge in [0.25, 0.3) is 0 Å². The molecule has 2 N–H and O–H groups in total. The summed E-state index contributed by atoms with van der Waals surface area (Å²) in [4.78, 5) is 25.9. The molecular weight excluding hydrogens is 196 g/mol. The van der Waals surface area contributed by atoms with Crippen molar-refractivity contribution < 1.29 is 14.7 Å². The molecule has 0 spiro atoms. The monoisotopic (exact) mass is 206 g/mol. The molecule has 0 aliphatic heterocycles. The number of aromatic nitrogens is 1. The summed E-state index contributed by atoms with van der Waals surface area (Å²) < 4.78 is 0. The summed E-state index contributed by atoms with van der Waals surface area (Å²) in [6.07, 6.45) is 3.56. The summed E-state index contributed by atoms with van der Waals surface area (Å²) in [6.45, 7) is 0. The Kier molecular flexibility index (Phi) is 2.37. The lowest BCUT2D eigenvalue weighted by molar-refractivity contribution is -0.139. The molecule has 15 heavy (non-hydrogen) atoms. The van der Waals surface area contributed by atoms with E-state index in [0.29, 0.717) is 12.1 Å². The van der Waals surface area contributed by atoms with Crippen molar-refractivity contribution in [1.29, 1.82) is 0 Å². The van der Waals surface area contributed by atoms with E-state index in [2.05, 4.69) is 10.3 Å². The number of carboxylic acid groups (broad SMARTS) is 1. The third-order valence-electron chi connectivity index (χ3n) is 2.37. The normalized spacial score (nSPS) is 23.2. The third-order valence-corrected chi connectivity index (χ3v) is 2.37. The molecule has 5 heteroatoms. The van der Waals surface area contributed by atoms with Gasteiger partial charge in [-0.15, -0.1) is 0 Å². The zero-order chi connectivity index (χ0) is 10.8. The lowest BCUT2D eigenvalue weighted by Crippen LogP contribution is -2.16. The van der Waals surface area contributed by atoms with Crippen LogP contribution in [0.15, 0.2) is 24.5 Å². The Labute approximate surface area is 86.1 Å². The van der Waals surface area contributed by atoms with E-state index >= 15 is 0 Å². The van der Waals surface area contributed by atoms with Crippen LogP contribution in [0.3, 0.4) is 0 Å². The minimum Gasteiger partial charge on any atom is -0.481 e. The van der Waals surface area contributed by atoms with Crippen molar-refractivity contribution in [3.8, 4) is 0 Å². The fraction of sp³-hybridized carbons (Fsp3) is 0.300. The van der Waals surface area contributed by atoms with Gasteiger partial charge in [0.05, 0.1) is 23.7 Å². The Balaban J connectivity index is 1.92. The van der Waals surface area contributed by atoms with E-state index in [-0.39, 0.29) is 11.8 Å². The molecule has 0 saturated heterocycles. The van der Waals surface area contributed by atoms with Gasteiger partial charge in [-0.25, -0.2) is 0 Å². The van der Waals surface area contributed by atoms with E-state index in [1.807, 2.05) is 0 Å². The SMILES string of the molecule is O=C(O)C1CC1C(=O)Nc1cccnc1. The molecule has 0 aromatic carbocycles. The first-order valence-corrected chi connectivity index (χ1v) is 4.62. The first kappa shape index (κ1) is 9.64. The molecule has 2 unspecified atom stereocenters. The van der Waals surface area contributed by atoms with Gasteiger partial charge in [-0.1, -0.05) is 0 Å². The Morgan fingerprint density at radius 2 is 2.27 bits per heavy atom. The van der Waals surface area contributed by atoms with E-state index in [1.54, 1.807) is 18.3 Å². The fourth-order valence-corrected chi connectivity index (χ4v) is 1.43.